The van der Waals surface area contributed by atoms with Crippen molar-refractivity contribution in [1.82, 2.24) is 4.90 Å². The summed E-state index contributed by atoms with van der Waals surface area (Å²) in [7, 11) is 5.81. The average molecular weight is 410 g/mol. The zero-order valence-corrected chi connectivity index (χ0v) is 18.3. The van der Waals surface area contributed by atoms with Crippen LogP contribution >= 0.6 is 0 Å². The second kappa shape index (κ2) is 9.20. The lowest BCUT2D eigenvalue weighted by atomic mass is 9.96. The Morgan fingerprint density at radius 3 is 2.37 bits per heavy atom. The van der Waals surface area contributed by atoms with Gasteiger partial charge in [0.05, 0.1) is 5.92 Å². The number of carboxylic acid groups (broad SMARTS) is 1. The molecule has 0 atom stereocenters. The molecule has 30 heavy (non-hydrogen) atoms. The van der Waals surface area contributed by atoms with Crippen LogP contribution in [-0.4, -0.2) is 56.1 Å². The van der Waals surface area contributed by atoms with Gasteiger partial charge in [0.25, 0.3) is 5.91 Å². The Hall–Kier alpha value is -3.02. The van der Waals surface area contributed by atoms with Gasteiger partial charge < -0.3 is 19.8 Å². The summed E-state index contributed by atoms with van der Waals surface area (Å²) in [5.41, 5.74) is 5.01. The second-order valence-corrected chi connectivity index (χ2v) is 8.33. The molecule has 1 aliphatic heterocycles. The number of carbonyl (C=O) groups excluding carboxylic acids is 1. The summed E-state index contributed by atoms with van der Waals surface area (Å²) in [6.45, 7) is 4.02. The van der Waals surface area contributed by atoms with Crippen molar-refractivity contribution < 1.29 is 14.7 Å². The summed E-state index contributed by atoms with van der Waals surface area (Å²) in [5.74, 6) is -0.941. The van der Waals surface area contributed by atoms with Crippen LogP contribution in [0.1, 0.15) is 34.3 Å². The molecule has 6 nitrogen and oxygen atoms in total. The van der Waals surface area contributed by atoms with Gasteiger partial charge in [0.15, 0.2) is 0 Å². The Kier molecular flexibility index (Phi) is 6.65. The minimum absolute atomic E-state index is 0.00363. The molecule has 160 valence electrons. The monoisotopic (exact) mass is 409 g/mol. The molecule has 0 unspecified atom stereocenters. The summed E-state index contributed by atoms with van der Waals surface area (Å²) in [6.07, 6.45) is 1.33. The summed E-state index contributed by atoms with van der Waals surface area (Å²) >= 11 is 0. The predicted octanol–water partition coefficient (Wildman–Crippen LogP) is 3.63. The van der Waals surface area contributed by atoms with Crippen LogP contribution in [0.25, 0.3) is 0 Å². The predicted molar refractivity (Wildman–Crippen MR) is 120 cm³/mol. The molecule has 1 N–H and O–H groups in total. The summed E-state index contributed by atoms with van der Waals surface area (Å²) < 4.78 is 0. The Morgan fingerprint density at radius 1 is 1.07 bits per heavy atom. The molecule has 2 aromatic carbocycles. The number of amides is 1. The number of carboxylic acids is 1. The zero-order chi connectivity index (χ0) is 21.8. The minimum Gasteiger partial charge on any atom is -0.481 e. The number of piperidine rings is 1. The smallest absolute Gasteiger partial charge is 0.306 e. The number of rotatable bonds is 6. The molecule has 1 fully saturated rings. The van der Waals surface area contributed by atoms with E-state index < -0.39 is 5.97 Å². The third-order valence-electron chi connectivity index (χ3n) is 5.81. The first-order valence-corrected chi connectivity index (χ1v) is 10.4. The Morgan fingerprint density at radius 2 is 1.77 bits per heavy atom. The van der Waals surface area contributed by atoms with Gasteiger partial charge in [-0.1, -0.05) is 12.1 Å². The maximum absolute atomic E-state index is 12.9. The van der Waals surface area contributed by atoms with Crippen LogP contribution in [0.15, 0.2) is 42.5 Å². The van der Waals surface area contributed by atoms with Gasteiger partial charge in [-0.15, -0.1) is 0 Å². The fraction of sp³-hybridized carbons (Fsp3) is 0.417. The molecule has 1 aliphatic rings. The Labute approximate surface area is 178 Å². The van der Waals surface area contributed by atoms with Crippen LogP contribution in [0.5, 0.6) is 0 Å². The van der Waals surface area contributed by atoms with Gasteiger partial charge in [0.1, 0.15) is 0 Å². The number of aliphatic carboxylic acids is 1. The van der Waals surface area contributed by atoms with Crippen molar-refractivity contribution in [1.29, 1.82) is 0 Å². The third kappa shape index (κ3) is 4.93. The maximum atomic E-state index is 12.9. The van der Waals surface area contributed by atoms with Crippen molar-refractivity contribution in [3.8, 4) is 0 Å². The molecule has 0 radical (unpaired) electrons. The highest BCUT2D eigenvalue weighted by molar-refractivity contribution is 5.94. The molecule has 0 spiro atoms. The third-order valence-corrected chi connectivity index (χ3v) is 5.81. The lowest BCUT2D eigenvalue weighted by molar-refractivity contribution is -0.142. The van der Waals surface area contributed by atoms with Crippen molar-refractivity contribution in [2.45, 2.75) is 26.3 Å². The number of hydrogen-bond donors (Lipinski definition) is 1. The SMILES string of the molecule is Cc1cc(C(=O)N(C)Cc2cccc(N3CCC(C(=O)O)CC3)c2)ccc1N(C)C. The van der Waals surface area contributed by atoms with E-state index in [4.69, 9.17) is 0 Å². The van der Waals surface area contributed by atoms with Gasteiger partial charge in [-0.3, -0.25) is 9.59 Å². The zero-order valence-electron chi connectivity index (χ0n) is 18.3. The number of benzene rings is 2. The van der Waals surface area contributed by atoms with E-state index in [0.29, 0.717) is 24.9 Å². The van der Waals surface area contributed by atoms with Gasteiger partial charge in [-0.25, -0.2) is 0 Å². The normalized spacial score (nSPS) is 14.5. The molecule has 1 amide bonds. The van der Waals surface area contributed by atoms with E-state index in [-0.39, 0.29) is 11.8 Å². The summed E-state index contributed by atoms with van der Waals surface area (Å²) in [4.78, 5) is 30.1. The highest BCUT2D eigenvalue weighted by Crippen LogP contribution is 2.25. The fourth-order valence-electron chi connectivity index (χ4n) is 4.09. The van der Waals surface area contributed by atoms with Gasteiger partial charge in [0.2, 0.25) is 0 Å². The Bertz CT molecular complexity index is 918. The maximum Gasteiger partial charge on any atom is 0.306 e. The first kappa shape index (κ1) is 21.7. The molecular formula is C24H31N3O3. The van der Waals surface area contributed by atoms with Crippen LogP contribution < -0.4 is 9.80 Å². The Balaban J connectivity index is 1.66. The van der Waals surface area contributed by atoms with Gasteiger partial charge >= 0.3 is 5.97 Å². The molecule has 0 aliphatic carbocycles. The lowest BCUT2D eigenvalue weighted by Crippen LogP contribution is -2.36. The van der Waals surface area contributed by atoms with Crippen molar-refractivity contribution in [3.05, 3.63) is 59.2 Å². The van der Waals surface area contributed by atoms with E-state index in [1.165, 1.54) is 0 Å². The van der Waals surface area contributed by atoms with E-state index in [1.807, 2.05) is 63.3 Å². The highest BCUT2D eigenvalue weighted by Gasteiger charge is 2.24. The average Bonchev–Trinajstić information content (AvgIpc) is 2.73. The topological polar surface area (TPSA) is 64.1 Å². The number of hydrogen-bond acceptors (Lipinski definition) is 4. The first-order valence-electron chi connectivity index (χ1n) is 10.4. The molecule has 3 rings (SSSR count). The largest absolute Gasteiger partial charge is 0.481 e. The van der Waals surface area contributed by atoms with Crippen LogP contribution in [0.2, 0.25) is 0 Å². The number of nitrogens with zero attached hydrogens (tertiary/aromatic N) is 3. The van der Waals surface area contributed by atoms with E-state index in [2.05, 4.69) is 17.0 Å². The van der Waals surface area contributed by atoms with E-state index >= 15 is 0 Å². The number of anilines is 2. The summed E-state index contributed by atoms with van der Waals surface area (Å²) in [5, 5.41) is 9.19. The molecule has 1 saturated heterocycles. The quantitative estimate of drug-likeness (QED) is 0.789. The highest BCUT2D eigenvalue weighted by atomic mass is 16.4. The van der Waals surface area contributed by atoms with Gasteiger partial charge in [0, 0.05) is 57.7 Å². The molecule has 0 aromatic heterocycles. The number of aryl methyl sites for hydroxylation is 1. The van der Waals surface area contributed by atoms with Crippen molar-refractivity contribution in [2.24, 2.45) is 5.92 Å². The molecule has 2 aromatic rings. The molecular weight excluding hydrogens is 378 g/mol. The van der Waals surface area contributed by atoms with Gasteiger partial charge in [-0.05, 0) is 61.2 Å². The van der Waals surface area contributed by atoms with Gasteiger partial charge in [-0.2, -0.15) is 0 Å². The lowest BCUT2D eigenvalue weighted by Gasteiger charge is -2.32. The van der Waals surface area contributed by atoms with E-state index in [1.54, 1.807) is 4.90 Å². The summed E-state index contributed by atoms with van der Waals surface area (Å²) in [6, 6.07) is 14.0. The van der Waals surface area contributed by atoms with Crippen LogP contribution in [-0.2, 0) is 11.3 Å². The fourth-order valence-corrected chi connectivity index (χ4v) is 4.09. The van der Waals surface area contributed by atoms with E-state index in [0.717, 1.165) is 35.6 Å². The molecule has 0 bridgehead atoms. The minimum atomic E-state index is -0.697. The number of carbonyl (C=O) groups is 2. The molecule has 6 heteroatoms. The van der Waals surface area contributed by atoms with E-state index in [9.17, 15) is 14.7 Å². The van der Waals surface area contributed by atoms with Crippen LogP contribution in [0.4, 0.5) is 11.4 Å². The first-order chi connectivity index (χ1) is 14.3. The van der Waals surface area contributed by atoms with Crippen molar-refractivity contribution >= 4 is 23.3 Å². The van der Waals surface area contributed by atoms with Crippen molar-refractivity contribution in [2.75, 3.05) is 44.0 Å². The standard InChI is InChI=1S/C24H31N3O3/c1-17-14-20(8-9-22(17)25(2)3)23(28)26(4)16-18-6-5-7-21(15-18)27-12-10-19(11-13-27)24(29)30/h5-9,14-15,19H,10-13,16H2,1-4H3,(H,29,30). The molecule has 1 heterocycles. The molecule has 0 saturated carbocycles. The van der Waals surface area contributed by atoms with Crippen LogP contribution in [0, 0.1) is 12.8 Å². The van der Waals surface area contributed by atoms with Crippen LogP contribution in [0.3, 0.4) is 0 Å². The second-order valence-electron chi connectivity index (χ2n) is 8.33. The van der Waals surface area contributed by atoms with Crippen molar-refractivity contribution in [3.63, 3.8) is 0 Å².